The first-order chi connectivity index (χ1) is 13.3. The van der Waals surface area contributed by atoms with Crippen molar-refractivity contribution in [1.82, 2.24) is 9.62 Å². The Labute approximate surface area is 167 Å². The minimum absolute atomic E-state index is 0.112. The van der Waals surface area contributed by atoms with Gasteiger partial charge in [0.2, 0.25) is 10.0 Å². The Bertz CT molecular complexity index is 920. The fraction of sp³-hybridized carbons (Fsp3) is 0.381. The fourth-order valence-electron chi connectivity index (χ4n) is 3.00. The van der Waals surface area contributed by atoms with Crippen LogP contribution < -0.4 is 10.6 Å². The zero-order valence-electron chi connectivity index (χ0n) is 16.5. The quantitative estimate of drug-likeness (QED) is 0.738. The van der Waals surface area contributed by atoms with Crippen LogP contribution >= 0.6 is 0 Å². The molecule has 0 saturated heterocycles. The van der Waals surface area contributed by atoms with Gasteiger partial charge in [0.25, 0.3) is 0 Å². The first-order valence-electron chi connectivity index (χ1n) is 9.55. The van der Waals surface area contributed by atoms with Crippen LogP contribution in [0.25, 0.3) is 0 Å². The summed E-state index contributed by atoms with van der Waals surface area (Å²) in [6.07, 6.45) is 2.80. The minimum Gasteiger partial charge on any atom is -0.331 e. The molecule has 0 radical (unpaired) electrons. The number of carbonyl (C=O) groups is 1. The average molecular weight is 402 g/mol. The van der Waals surface area contributed by atoms with Crippen LogP contribution in [0.3, 0.4) is 0 Å². The fourth-order valence-corrected chi connectivity index (χ4v) is 4.42. The van der Waals surface area contributed by atoms with Crippen molar-refractivity contribution in [1.29, 1.82) is 0 Å². The largest absolute Gasteiger partial charge is 0.331 e. The van der Waals surface area contributed by atoms with Crippen LogP contribution in [0.2, 0.25) is 0 Å². The lowest BCUT2D eigenvalue weighted by Crippen LogP contribution is -2.31. The second-order valence-corrected chi connectivity index (χ2v) is 9.19. The van der Waals surface area contributed by atoms with Crippen LogP contribution in [0.5, 0.6) is 0 Å². The average Bonchev–Trinajstić information content (AvgIpc) is 3.53. The first-order valence-corrected chi connectivity index (χ1v) is 11.0. The van der Waals surface area contributed by atoms with Crippen molar-refractivity contribution in [3.05, 3.63) is 59.7 Å². The molecule has 3 rings (SSSR count). The number of amides is 2. The number of carbonyl (C=O) groups excluding carboxylic acids is 1. The molecule has 6 nitrogen and oxygen atoms in total. The lowest BCUT2D eigenvalue weighted by atomic mass is 10.1. The van der Waals surface area contributed by atoms with Gasteiger partial charge in [-0.2, -0.15) is 4.31 Å². The molecule has 28 heavy (non-hydrogen) atoms. The van der Waals surface area contributed by atoms with E-state index in [-0.39, 0.29) is 23.0 Å². The van der Waals surface area contributed by atoms with Crippen molar-refractivity contribution < 1.29 is 13.2 Å². The van der Waals surface area contributed by atoms with E-state index in [1.165, 1.54) is 22.0 Å². The molecule has 0 bridgehead atoms. The molecule has 1 aliphatic carbocycles. The lowest BCUT2D eigenvalue weighted by molar-refractivity contribution is 0.249. The number of aryl methyl sites for hydroxylation is 1. The first kappa shape index (κ1) is 20.4. The molecule has 7 heteroatoms. The van der Waals surface area contributed by atoms with Gasteiger partial charge in [0, 0.05) is 18.8 Å². The molecule has 1 saturated carbocycles. The molecule has 2 aromatic carbocycles. The van der Waals surface area contributed by atoms with E-state index in [9.17, 15) is 13.2 Å². The predicted molar refractivity (Wildman–Crippen MR) is 111 cm³/mol. The standard InChI is InChI=1S/C21H27N3O3S/c1-4-16-5-7-17(8-6-16)15(2)22-21(25)23-18-9-13-20(14-10-18)28(26,27)24(3)19-11-12-19/h5-10,13-15,19H,4,11-12H2,1-3H3,(H2,22,23,25). The number of benzene rings is 2. The summed E-state index contributed by atoms with van der Waals surface area (Å²) in [7, 11) is -1.86. The van der Waals surface area contributed by atoms with E-state index in [2.05, 4.69) is 29.7 Å². The predicted octanol–water partition coefficient (Wildman–Crippen LogP) is 3.91. The Balaban J connectivity index is 1.59. The number of urea groups is 1. The van der Waals surface area contributed by atoms with E-state index in [0.717, 1.165) is 24.8 Å². The van der Waals surface area contributed by atoms with E-state index in [0.29, 0.717) is 5.69 Å². The highest BCUT2D eigenvalue weighted by Gasteiger charge is 2.34. The Morgan fingerprint density at radius 1 is 1.11 bits per heavy atom. The third-order valence-electron chi connectivity index (χ3n) is 5.09. The van der Waals surface area contributed by atoms with Crippen LogP contribution in [0.4, 0.5) is 10.5 Å². The van der Waals surface area contributed by atoms with Crippen molar-refractivity contribution >= 4 is 21.7 Å². The molecule has 0 aliphatic heterocycles. The maximum Gasteiger partial charge on any atom is 0.319 e. The Morgan fingerprint density at radius 2 is 1.71 bits per heavy atom. The lowest BCUT2D eigenvalue weighted by Gasteiger charge is -2.17. The van der Waals surface area contributed by atoms with Gasteiger partial charge in [-0.15, -0.1) is 0 Å². The Kier molecular flexibility index (Phi) is 6.05. The summed E-state index contributed by atoms with van der Waals surface area (Å²) in [5.41, 5.74) is 2.82. The number of nitrogens with zero attached hydrogens (tertiary/aromatic N) is 1. The summed E-state index contributed by atoms with van der Waals surface area (Å²) in [5, 5.41) is 5.64. The zero-order chi connectivity index (χ0) is 20.3. The van der Waals surface area contributed by atoms with Crippen LogP contribution in [-0.2, 0) is 16.4 Å². The third kappa shape index (κ3) is 4.72. The van der Waals surface area contributed by atoms with Gasteiger partial charge in [-0.25, -0.2) is 13.2 Å². The molecular weight excluding hydrogens is 374 g/mol. The number of hydrogen-bond acceptors (Lipinski definition) is 3. The van der Waals surface area contributed by atoms with Gasteiger partial charge in [0.1, 0.15) is 0 Å². The second kappa shape index (κ2) is 8.32. The maximum absolute atomic E-state index is 12.5. The Morgan fingerprint density at radius 3 is 2.25 bits per heavy atom. The molecular formula is C21H27N3O3S. The SMILES string of the molecule is CCc1ccc(C(C)NC(=O)Nc2ccc(S(=O)(=O)N(C)C3CC3)cc2)cc1. The van der Waals surface area contributed by atoms with E-state index in [1.54, 1.807) is 19.2 Å². The summed E-state index contributed by atoms with van der Waals surface area (Å²) in [6, 6.07) is 14.0. The molecule has 150 valence electrons. The molecule has 0 aromatic heterocycles. The van der Waals surface area contributed by atoms with Crippen molar-refractivity contribution in [2.45, 2.75) is 50.1 Å². The normalized spacial score (nSPS) is 15.3. The number of sulfonamides is 1. The molecule has 1 unspecified atom stereocenters. The van der Waals surface area contributed by atoms with Gasteiger partial charge in [-0.1, -0.05) is 31.2 Å². The van der Waals surface area contributed by atoms with E-state index in [1.807, 2.05) is 19.1 Å². The van der Waals surface area contributed by atoms with Crippen LogP contribution in [0.15, 0.2) is 53.4 Å². The van der Waals surface area contributed by atoms with Gasteiger partial charge in [-0.05, 0) is 61.6 Å². The summed E-state index contributed by atoms with van der Waals surface area (Å²) in [6.45, 7) is 4.02. The molecule has 1 atom stereocenters. The molecule has 0 heterocycles. The van der Waals surface area contributed by atoms with Crippen LogP contribution in [0, 0.1) is 0 Å². The summed E-state index contributed by atoms with van der Waals surface area (Å²) < 4.78 is 26.5. The minimum atomic E-state index is -3.48. The molecule has 1 fully saturated rings. The van der Waals surface area contributed by atoms with Crippen LogP contribution in [0.1, 0.15) is 43.9 Å². The van der Waals surface area contributed by atoms with Gasteiger partial charge in [-0.3, -0.25) is 0 Å². The molecule has 1 aliphatic rings. The summed E-state index contributed by atoms with van der Waals surface area (Å²) in [4.78, 5) is 12.5. The zero-order valence-corrected chi connectivity index (χ0v) is 17.3. The summed E-state index contributed by atoms with van der Waals surface area (Å²) >= 11 is 0. The Hall–Kier alpha value is -2.38. The van der Waals surface area contributed by atoms with Crippen molar-refractivity contribution in [3.8, 4) is 0 Å². The number of hydrogen-bond donors (Lipinski definition) is 2. The van der Waals surface area contributed by atoms with Gasteiger partial charge >= 0.3 is 6.03 Å². The van der Waals surface area contributed by atoms with Crippen molar-refractivity contribution in [2.24, 2.45) is 0 Å². The molecule has 2 aromatic rings. The van der Waals surface area contributed by atoms with E-state index in [4.69, 9.17) is 0 Å². The van der Waals surface area contributed by atoms with Crippen LogP contribution in [-0.4, -0.2) is 31.8 Å². The smallest absolute Gasteiger partial charge is 0.319 e. The topological polar surface area (TPSA) is 78.5 Å². The highest BCUT2D eigenvalue weighted by molar-refractivity contribution is 7.89. The summed E-state index contributed by atoms with van der Waals surface area (Å²) in [5.74, 6) is 0. The van der Waals surface area contributed by atoms with Crippen molar-refractivity contribution in [2.75, 3.05) is 12.4 Å². The molecule has 2 N–H and O–H groups in total. The maximum atomic E-state index is 12.5. The molecule has 2 amide bonds. The van der Waals surface area contributed by atoms with Crippen molar-refractivity contribution in [3.63, 3.8) is 0 Å². The highest BCUT2D eigenvalue weighted by Crippen LogP contribution is 2.30. The van der Waals surface area contributed by atoms with Gasteiger partial charge < -0.3 is 10.6 Å². The van der Waals surface area contributed by atoms with E-state index < -0.39 is 10.0 Å². The number of nitrogens with one attached hydrogen (secondary N) is 2. The van der Waals surface area contributed by atoms with Gasteiger partial charge in [0.05, 0.1) is 10.9 Å². The van der Waals surface area contributed by atoms with E-state index >= 15 is 0 Å². The second-order valence-electron chi connectivity index (χ2n) is 7.19. The molecule has 0 spiro atoms. The number of anilines is 1. The third-order valence-corrected chi connectivity index (χ3v) is 7.01. The van der Waals surface area contributed by atoms with Gasteiger partial charge in [0.15, 0.2) is 0 Å². The highest BCUT2D eigenvalue weighted by atomic mass is 32.2. The number of rotatable bonds is 7. The monoisotopic (exact) mass is 401 g/mol.